The fourth-order valence-corrected chi connectivity index (χ4v) is 3.07. The highest BCUT2D eigenvalue weighted by molar-refractivity contribution is 6.20. The van der Waals surface area contributed by atoms with Crippen molar-refractivity contribution in [1.29, 1.82) is 0 Å². The summed E-state index contributed by atoms with van der Waals surface area (Å²) < 4.78 is 2.11. The van der Waals surface area contributed by atoms with Crippen LogP contribution >= 0.6 is 11.6 Å². The van der Waals surface area contributed by atoms with E-state index in [1.807, 2.05) is 12.4 Å². The summed E-state index contributed by atoms with van der Waals surface area (Å²) in [5, 5.41) is 0.386. The van der Waals surface area contributed by atoms with Gasteiger partial charge in [0.05, 0.1) is 0 Å². The first-order valence-electron chi connectivity index (χ1n) is 6.27. The highest BCUT2D eigenvalue weighted by Gasteiger charge is 2.26. The lowest BCUT2D eigenvalue weighted by atomic mass is 9.80. The van der Waals surface area contributed by atoms with E-state index < -0.39 is 0 Å². The number of hydrogen-bond donors (Lipinski definition) is 0. The number of aryl methyl sites for hydroxylation is 2. The number of nitrogens with zero attached hydrogens (tertiary/aromatic N) is 2. The third kappa shape index (κ3) is 2.79. The standard InChI is InChI=1S/C13H21ClN2/c1-10-3-5-12(14)11(9-10)4-6-13-15-7-8-16(13)2/h7-8,10-12H,3-6,9H2,1-2H3. The zero-order valence-corrected chi connectivity index (χ0v) is 11.0. The molecule has 2 rings (SSSR count). The molecule has 0 bridgehead atoms. The molecular formula is C13H21ClN2. The molecule has 3 unspecified atom stereocenters. The van der Waals surface area contributed by atoms with E-state index in [1.165, 1.54) is 31.5 Å². The van der Waals surface area contributed by atoms with Crippen LogP contribution in [0.2, 0.25) is 0 Å². The van der Waals surface area contributed by atoms with Crippen molar-refractivity contribution in [2.45, 2.75) is 44.4 Å². The van der Waals surface area contributed by atoms with Gasteiger partial charge in [0, 0.05) is 31.2 Å². The summed E-state index contributed by atoms with van der Waals surface area (Å²) in [6, 6.07) is 0. The van der Waals surface area contributed by atoms with Crippen LogP contribution in [0.25, 0.3) is 0 Å². The van der Waals surface area contributed by atoms with Crippen molar-refractivity contribution < 1.29 is 0 Å². The number of alkyl halides is 1. The summed E-state index contributed by atoms with van der Waals surface area (Å²) in [5.74, 6) is 2.71. The van der Waals surface area contributed by atoms with Gasteiger partial charge in [0.1, 0.15) is 5.82 Å². The van der Waals surface area contributed by atoms with Crippen LogP contribution in [-0.4, -0.2) is 14.9 Å². The molecule has 1 aliphatic rings. The molecular weight excluding hydrogens is 220 g/mol. The maximum absolute atomic E-state index is 6.40. The number of rotatable bonds is 3. The molecule has 0 aliphatic heterocycles. The maximum Gasteiger partial charge on any atom is 0.108 e. The van der Waals surface area contributed by atoms with Crippen molar-refractivity contribution in [3.8, 4) is 0 Å². The van der Waals surface area contributed by atoms with Crippen molar-refractivity contribution in [2.24, 2.45) is 18.9 Å². The van der Waals surface area contributed by atoms with E-state index in [9.17, 15) is 0 Å². The Morgan fingerprint density at radius 2 is 2.31 bits per heavy atom. The number of imidazole rings is 1. The normalized spacial score (nSPS) is 30.6. The fourth-order valence-electron chi connectivity index (χ4n) is 2.71. The molecule has 0 N–H and O–H groups in total. The molecule has 1 aromatic rings. The summed E-state index contributed by atoms with van der Waals surface area (Å²) in [7, 11) is 2.06. The number of halogens is 1. The van der Waals surface area contributed by atoms with Gasteiger partial charge in [-0.15, -0.1) is 11.6 Å². The Morgan fingerprint density at radius 3 is 3.00 bits per heavy atom. The monoisotopic (exact) mass is 240 g/mol. The summed E-state index contributed by atoms with van der Waals surface area (Å²) in [6.07, 6.45) is 9.90. The molecule has 3 heteroatoms. The van der Waals surface area contributed by atoms with Crippen LogP contribution in [0, 0.1) is 11.8 Å². The highest BCUT2D eigenvalue weighted by Crippen LogP contribution is 2.34. The van der Waals surface area contributed by atoms with Gasteiger partial charge >= 0.3 is 0 Å². The second kappa shape index (κ2) is 5.22. The van der Waals surface area contributed by atoms with Crippen molar-refractivity contribution in [3.05, 3.63) is 18.2 Å². The zero-order valence-electron chi connectivity index (χ0n) is 10.2. The van der Waals surface area contributed by atoms with E-state index in [-0.39, 0.29) is 0 Å². The first-order chi connectivity index (χ1) is 7.66. The van der Waals surface area contributed by atoms with Crippen molar-refractivity contribution in [1.82, 2.24) is 9.55 Å². The number of hydrogen-bond acceptors (Lipinski definition) is 1. The van der Waals surface area contributed by atoms with Gasteiger partial charge in [0.15, 0.2) is 0 Å². The van der Waals surface area contributed by atoms with E-state index in [0.29, 0.717) is 11.3 Å². The van der Waals surface area contributed by atoms with E-state index in [1.54, 1.807) is 0 Å². The Labute approximate surface area is 103 Å². The lowest BCUT2D eigenvalue weighted by Crippen LogP contribution is -2.25. The Bertz CT molecular complexity index is 334. The van der Waals surface area contributed by atoms with E-state index in [4.69, 9.17) is 11.6 Å². The molecule has 0 spiro atoms. The second-order valence-electron chi connectivity index (χ2n) is 5.19. The molecule has 2 nitrogen and oxygen atoms in total. The first-order valence-corrected chi connectivity index (χ1v) is 6.70. The molecule has 3 atom stereocenters. The lowest BCUT2D eigenvalue weighted by Gasteiger charge is -2.31. The van der Waals surface area contributed by atoms with Crippen LogP contribution in [0.5, 0.6) is 0 Å². The Balaban J connectivity index is 1.87. The predicted molar refractivity (Wildman–Crippen MR) is 67.7 cm³/mol. The summed E-state index contributed by atoms with van der Waals surface area (Å²) >= 11 is 6.40. The van der Waals surface area contributed by atoms with Crippen LogP contribution in [0.3, 0.4) is 0 Å². The summed E-state index contributed by atoms with van der Waals surface area (Å²) in [4.78, 5) is 4.36. The van der Waals surface area contributed by atoms with Crippen LogP contribution in [0.1, 0.15) is 38.4 Å². The van der Waals surface area contributed by atoms with Crippen LogP contribution < -0.4 is 0 Å². The van der Waals surface area contributed by atoms with Crippen LogP contribution in [-0.2, 0) is 13.5 Å². The van der Waals surface area contributed by atoms with Crippen molar-refractivity contribution >= 4 is 11.6 Å². The number of aromatic nitrogens is 2. The molecule has 0 radical (unpaired) electrons. The van der Waals surface area contributed by atoms with E-state index >= 15 is 0 Å². The Kier molecular flexibility index (Phi) is 3.91. The third-order valence-corrected chi connectivity index (χ3v) is 4.39. The molecule has 1 heterocycles. The molecule has 1 fully saturated rings. The maximum atomic E-state index is 6.40. The summed E-state index contributed by atoms with van der Waals surface area (Å²) in [5.41, 5.74) is 0. The molecule has 0 saturated heterocycles. The van der Waals surface area contributed by atoms with Gasteiger partial charge in [-0.05, 0) is 37.5 Å². The molecule has 90 valence electrons. The van der Waals surface area contributed by atoms with Gasteiger partial charge in [-0.3, -0.25) is 0 Å². The average Bonchev–Trinajstić information content (AvgIpc) is 2.66. The topological polar surface area (TPSA) is 17.8 Å². The first kappa shape index (κ1) is 12.0. The Morgan fingerprint density at radius 1 is 1.50 bits per heavy atom. The van der Waals surface area contributed by atoms with Gasteiger partial charge in [-0.1, -0.05) is 6.92 Å². The Hall–Kier alpha value is -0.500. The molecule has 0 aromatic carbocycles. The molecule has 1 saturated carbocycles. The smallest absolute Gasteiger partial charge is 0.108 e. The van der Waals surface area contributed by atoms with E-state index in [2.05, 4.69) is 23.5 Å². The minimum atomic E-state index is 0.386. The minimum absolute atomic E-state index is 0.386. The average molecular weight is 241 g/mol. The van der Waals surface area contributed by atoms with Gasteiger partial charge in [-0.25, -0.2) is 4.98 Å². The quantitative estimate of drug-likeness (QED) is 0.741. The third-order valence-electron chi connectivity index (χ3n) is 3.81. The minimum Gasteiger partial charge on any atom is -0.338 e. The fraction of sp³-hybridized carbons (Fsp3) is 0.769. The van der Waals surface area contributed by atoms with Crippen molar-refractivity contribution in [3.63, 3.8) is 0 Å². The van der Waals surface area contributed by atoms with Crippen LogP contribution in [0.4, 0.5) is 0 Å². The van der Waals surface area contributed by atoms with Crippen LogP contribution in [0.15, 0.2) is 12.4 Å². The SMILES string of the molecule is CC1CCC(Cl)C(CCc2nccn2C)C1. The zero-order chi connectivity index (χ0) is 11.5. The van der Waals surface area contributed by atoms with Crippen molar-refractivity contribution in [2.75, 3.05) is 0 Å². The van der Waals surface area contributed by atoms with Gasteiger partial charge in [-0.2, -0.15) is 0 Å². The summed E-state index contributed by atoms with van der Waals surface area (Å²) in [6.45, 7) is 2.34. The lowest BCUT2D eigenvalue weighted by molar-refractivity contribution is 0.274. The highest BCUT2D eigenvalue weighted by atomic mass is 35.5. The predicted octanol–water partition coefficient (Wildman–Crippen LogP) is 3.40. The largest absolute Gasteiger partial charge is 0.338 e. The second-order valence-corrected chi connectivity index (χ2v) is 5.75. The molecule has 0 amide bonds. The molecule has 1 aliphatic carbocycles. The van der Waals surface area contributed by atoms with Gasteiger partial charge < -0.3 is 4.57 Å². The molecule has 1 aromatic heterocycles. The molecule has 16 heavy (non-hydrogen) atoms. The van der Waals surface area contributed by atoms with Gasteiger partial charge in [0.25, 0.3) is 0 Å². The van der Waals surface area contributed by atoms with E-state index in [0.717, 1.165) is 12.3 Å². The van der Waals surface area contributed by atoms with Gasteiger partial charge in [0.2, 0.25) is 0 Å².